The van der Waals surface area contributed by atoms with Crippen LogP contribution in [0.3, 0.4) is 0 Å². The fourth-order valence-corrected chi connectivity index (χ4v) is 4.07. The van der Waals surface area contributed by atoms with Gasteiger partial charge in [-0.05, 0) is 22.6 Å². The van der Waals surface area contributed by atoms with Gasteiger partial charge < -0.3 is 5.11 Å². The summed E-state index contributed by atoms with van der Waals surface area (Å²) in [6, 6.07) is 11.2. The average molecular weight is 402 g/mol. The molecule has 130 valence electrons. The van der Waals surface area contributed by atoms with Crippen molar-refractivity contribution < 1.29 is 9.90 Å². The van der Waals surface area contributed by atoms with Crippen molar-refractivity contribution in [3.8, 4) is 10.6 Å². The number of carbonyl (C=O) groups is 1. The molecule has 0 aliphatic heterocycles. The quantitative estimate of drug-likeness (QED) is 0.262. The molecule has 0 aliphatic rings. The van der Waals surface area contributed by atoms with Crippen molar-refractivity contribution in [3.05, 3.63) is 69.5 Å². The molecule has 26 heavy (non-hydrogen) atoms. The summed E-state index contributed by atoms with van der Waals surface area (Å²) < 4.78 is 0. The molecule has 3 rings (SSSR count). The van der Waals surface area contributed by atoms with E-state index in [0.717, 1.165) is 16.0 Å². The number of carboxylic acids is 1. The molecular weight excluding hydrogens is 390 g/mol. The number of rotatable bonds is 6. The number of aromatic nitrogens is 2. The van der Waals surface area contributed by atoms with E-state index < -0.39 is 5.97 Å². The zero-order chi connectivity index (χ0) is 18.5. The number of carboxylic acid groups (broad SMARTS) is 1. The Balaban J connectivity index is 1.83. The predicted octanol–water partition coefficient (Wildman–Crippen LogP) is 5.33. The van der Waals surface area contributed by atoms with Crippen molar-refractivity contribution in [2.45, 2.75) is 17.3 Å². The zero-order valence-electron chi connectivity index (χ0n) is 13.3. The van der Waals surface area contributed by atoms with E-state index in [1.807, 2.05) is 35.7 Å². The van der Waals surface area contributed by atoms with E-state index >= 15 is 0 Å². The molecule has 1 N–H and O–H groups in total. The summed E-state index contributed by atoms with van der Waals surface area (Å²) >= 11 is 9.06. The van der Waals surface area contributed by atoms with Gasteiger partial charge in [0.15, 0.2) is 5.16 Å². The van der Waals surface area contributed by atoms with Crippen LogP contribution in [0.4, 0.5) is 5.69 Å². The van der Waals surface area contributed by atoms with Crippen LogP contribution in [-0.4, -0.2) is 21.0 Å². The maximum atomic E-state index is 10.8. The normalized spacial score (nSPS) is 10.5. The summed E-state index contributed by atoms with van der Waals surface area (Å²) in [7, 11) is 0. The van der Waals surface area contributed by atoms with E-state index in [1.54, 1.807) is 6.07 Å². The van der Waals surface area contributed by atoms with Gasteiger partial charge in [-0.3, -0.25) is 4.79 Å². The predicted molar refractivity (Wildman–Crippen MR) is 104 cm³/mol. The molecule has 0 radical (unpaired) electrons. The monoisotopic (exact) mass is 401 g/mol. The molecule has 0 saturated carbocycles. The van der Waals surface area contributed by atoms with Gasteiger partial charge in [0.2, 0.25) is 5.69 Å². The standard InChI is InChI=1S/C18H12ClN3O2S2/c1-20-16-15(13-6-3-7-25-13)21-18(22-17(16)19)26-10-12-5-2-4-11(8-12)9-14(23)24/h2-8H,9-10H2,(H,23,24). The fourth-order valence-electron chi connectivity index (χ4n) is 2.31. The second-order valence-electron chi connectivity index (χ2n) is 5.26. The van der Waals surface area contributed by atoms with Crippen LogP contribution in [0.15, 0.2) is 46.9 Å². The molecule has 8 heteroatoms. The highest BCUT2D eigenvalue weighted by Gasteiger charge is 2.16. The maximum Gasteiger partial charge on any atom is 0.307 e. The van der Waals surface area contributed by atoms with Crippen LogP contribution in [0, 0.1) is 6.57 Å². The van der Waals surface area contributed by atoms with Crippen molar-refractivity contribution in [1.82, 2.24) is 9.97 Å². The van der Waals surface area contributed by atoms with E-state index in [2.05, 4.69) is 14.8 Å². The van der Waals surface area contributed by atoms with Crippen molar-refractivity contribution in [1.29, 1.82) is 0 Å². The van der Waals surface area contributed by atoms with Gasteiger partial charge in [0, 0.05) is 10.6 Å². The van der Waals surface area contributed by atoms with Crippen LogP contribution in [0.5, 0.6) is 0 Å². The molecule has 0 atom stereocenters. The summed E-state index contributed by atoms with van der Waals surface area (Å²) in [4.78, 5) is 23.9. The van der Waals surface area contributed by atoms with E-state index in [4.69, 9.17) is 23.3 Å². The summed E-state index contributed by atoms with van der Waals surface area (Å²) in [6.07, 6.45) is -0.0109. The number of halogens is 1. The van der Waals surface area contributed by atoms with E-state index in [0.29, 0.717) is 16.6 Å². The number of nitrogens with zero attached hydrogens (tertiary/aromatic N) is 3. The molecule has 0 amide bonds. The smallest absolute Gasteiger partial charge is 0.307 e. The van der Waals surface area contributed by atoms with Crippen LogP contribution in [-0.2, 0) is 17.0 Å². The maximum absolute atomic E-state index is 10.8. The van der Waals surface area contributed by atoms with E-state index in [1.165, 1.54) is 23.1 Å². The fraction of sp³-hybridized carbons (Fsp3) is 0.111. The van der Waals surface area contributed by atoms with Crippen LogP contribution in [0.2, 0.25) is 5.15 Å². The molecule has 0 fully saturated rings. The van der Waals surface area contributed by atoms with Crippen molar-refractivity contribution in [2.24, 2.45) is 0 Å². The Kier molecular flexibility index (Phi) is 5.89. The molecule has 0 unspecified atom stereocenters. The van der Waals surface area contributed by atoms with Crippen LogP contribution in [0.25, 0.3) is 15.4 Å². The lowest BCUT2D eigenvalue weighted by atomic mass is 10.1. The average Bonchev–Trinajstić information content (AvgIpc) is 3.14. The van der Waals surface area contributed by atoms with Gasteiger partial charge >= 0.3 is 5.97 Å². The highest BCUT2D eigenvalue weighted by Crippen LogP contribution is 2.38. The molecule has 0 aliphatic carbocycles. The first-order chi connectivity index (χ1) is 12.6. The van der Waals surface area contributed by atoms with Crippen LogP contribution in [0.1, 0.15) is 11.1 Å². The second kappa shape index (κ2) is 8.32. The van der Waals surface area contributed by atoms with Gasteiger partial charge in [0.25, 0.3) is 0 Å². The number of thioether (sulfide) groups is 1. The minimum atomic E-state index is -0.861. The minimum absolute atomic E-state index is 0.0109. The number of aliphatic carboxylic acids is 1. The third-order valence-electron chi connectivity index (χ3n) is 3.40. The first kappa shape index (κ1) is 18.4. The highest BCUT2D eigenvalue weighted by atomic mass is 35.5. The first-order valence-electron chi connectivity index (χ1n) is 7.48. The molecule has 3 aromatic rings. The molecule has 0 spiro atoms. The van der Waals surface area contributed by atoms with E-state index in [-0.39, 0.29) is 17.3 Å². The van der Waals surface area contributed by atoms with E-state index in [9.17, 15) is 4.79 Å². The summed E-state index contributed by atoms with van der Waals surface area (Å²) in [5.41, 5.74) is 2.51. The van der Waals surface area contributed by atoms with Gasteiger partial charge in [0.05, 0.1) is 18.7 Å². The van der Waals surface area contributed by atoms with Gasteiger partial charge in [-0.1, -0.05) is 53.7 Å². The topological polar surface area (TPSA) is 67.4 Å². The first-order valence-corrected chi connectivity index (χ1v) is 9.72. The molecular formula is C18H12ClN3O2S2. The number of benzene rings is 1. The highest BCUT2D eigenvalue weighted by molar-refractivity contribution is 7.98. The van der Waals surface area contributed by atoms with Crippen LogP contribution < -0.4 is 0 Å². The molecule has 0 saturated heterocycles. The van der Waals surface area contributed by atoms with Crippen molar-refractivity contribution in [2.75, 3.05) is 0 Å². The largest absolute Gasteiger partial charge is 0.481 e. The Bertz CT molecular complexity index is 985. The molecule has 2 aromatic heterocycles. The Morgan fingerprint density at radius 3 is 2.77 bits per heavy atom. The lowest BCUT2D eigenvalue weighted by molar-refractivity contribution is -0.136. The molecule has 5 nitrogen and oxygen atoms in total. The number of hydrogen-bond donors (Lipinski definition) is 1. The third kappa shape index (κ3) is 4.41. The number of hydrogen-bond acceptors (Lipinski definition) is 5. The van der Waals surface area contributed by atoms with Crippen molar-refractivity contribution in [3.63, 3.8) is 0 Å². The Morgan fingerprint density at radius 2 is 2.08 bits per heavy atom. The lowest BCUT2D eigenvalue weighted by Crippen LogP contribution is -2.00. The van der Waals surface area contributed by atoms with Gasteiger partial charge in [-0.2, -0.15) is 0 Å². The molecule has 1 aromatic carbocycles. The Hall–Kier alpha value is -2.40. The molecule has 2 heterocycles. The second-order valence-corrected chi connectivity index (χ2v) is 7.51. The van der Waals surface area contributed by atoms with Crippen molar-refractivity contribution >= 4 is 46.4 Å². The number of thiophene rings is 1. The van der Waals surface area contributed by atoms with Gasteiger partial charge in [-0.25, -0.2) is 14.8 Å². The zero-order valence-corrected chi connectivity index (χ0v) is 15.7. The van der Waals surface area contributed by atoms with Gasteiger partial charge in [-0.15, -0.1) is 11.3 Å². The van der Waals surface area contributed by atoms with Crippen LogP contribution >= 0.6 is 34.7 Å². The molecule has 0 bridgehead atoms. The van der Waals surface area contributed by atoms with Gasteiger partial charge in [0.1, 0.15) is 5.15 Å². The SMILES string of the molecule is [C-]#[N+]c1c(Cl)nc(SCc2cccc(CC(=O)O)c2)nc1-c1cccs1. The summed E-state index contributed by atoms with van der Waals surface area (Å²) in [5.74, 6) is -0.286. The summed E-state index contributed by atoms with van der Waals surface area (Å²) in [6.45, 7) is 7.32. The Labute approximate surface area is 163 Å². The Morgan fingerprint density at radius 1 is 1.27 bits per heavy atom. The summed E-state index contributed by atoms with van der Waals surface area (Å²) in [5, 5.41) is 11.4. The third-order valence-corrected chi connectivity index (χ3v) is 5.46. The minimum Gasteiger partial charge on any atom is -0.481 e. The lowest BCUT2D eigenvalue weighted by Gasteiger charge is -2.07.